The summed E-state index contributed by atoms with van der Waals surface area (Å²) in [6.45, 7) is 7.16. The van der Waals surface area contributed by atoms with Gasteiger partial charge in [-0.25, -0.2) is 9.97 Å². The minimum absolute atomic E-state index is 0.135. The standard InChI is InChI=1S/C25H26BrClN4O3/c1-4-15(13-32-18-6-5-16-9-17(26)11-28-20(16)10-18)22-21(33-25(2,3)34-22)12-31-8-7-19-23(27)29-14-30-24(19)31/h5-11,14-15,21-22H,4,12-13H2,1-3H3/t15-,21+,22-/m1/s1. The number of benzene rings is 1. The lowest BCUT2D eigenvalue weighted by atomic mass is 9.96. The van der Waals surface area contributed by atoms with Crippen molar-refractivity contribution in [3.8, 4) is 5.75 Å². The number of nitrogens with zero attached hydrogens (tertiary/aromatic N) is 4. The van der Waals surface area contributed by atoms with E-state index in [1.807, 2.05) is 54.9 Å². The first-order chi connectivity index (χ1) is 16.3. The third-order valence-corrected chi connectivity index (χ3v) is 6.92. The number of hydrogen-bond donors (Lipinski definition) is 0. The summed E-state index contributed by atoms with van der Waals surface area (Å²) in [6, 6.07) is 9.94. The molecule has 0 bridgehead atoms. The summed E-state index contributed by atoms with van der Waals surface area (Å²) in [4.78, 5) is 13.0. The van der Waals surface area contributed by atoms with E-state index >= 15 is 0 Å². The maximum atomic E-state index is 6.38. The van der Waals surface area contributed by atoms with Crippen molar-refractivity contribution in [3.63, 3.8) is 0 Å². The van der Waals surface area contributed by atoms with Gasteiger partial charge < -0.3 is 18.8 Å². The maximum Gasteiger partial charge on any atom is 0.163 e. The highest BCUT2D eigenvalue weighted by Gasteiger charge is 2.45. The molecule has 34 heavy (non-hydrogen) atoms. The molecular weight excluding hydrogens is 520 g/mol. The van der Waals surface area contributed by atoms with Crippen molar-refractivity contribution >= 4 is 49.5 Å². The molecule has 0 spiro atoms. The zero-order chi connectivity index (χ0) is 23.9. The van der Waals surface area contributed by atoms with Crippen molar-refractivity contribution in [2.75, 3.05) is 6.61 Å². The van der Waals surface area contributed by atoms with Gasteiger partial charge in [-0.05, 0) is 60.5 Å². The summed E-state index contributed by atoms with van der Waals surface area (Å²) in [7, 11) is 0. The molecule has 4 aromatic rings. The largest absolute Gasteiger partial charge is 0.493 e. The monoisotopic (exact) mass is 544 g/mol. The maximum absolute atomic E-state index is 6.38. The van der Waals surface area contributed by atoms with E-state index in [1.54, 1.807) is 6.20 Å². The Bertz CT molecular complexity index is 1330. The van der Waals surface area contributed by atoms with Gasteiger partial charge in [0.2, 0.25) is 0 Å². The molecule has 0 radical (unpaired) electrons. The van der Waals surface area contributed by atoms with Gasteiger partial charge in [0.1, 0.15) is 29.0 Å². The van der Waals surface area contributed by atoms with Crippen LogP contribution in [0.15, 0.2) is 53.5 Å². The van der Waals surface area contributed by atoms with Crippen LogP contribution in [0.3, 0.4) is 0 Å². The van der Waals surface area contributed by atoms with Gasteiger partial charge in [-0.3, -0.25) is 4.98 Å². The molecule has 4 heterocycles. The van der Waals surface area contributed by atoms with Crippen LogP contribution in [0.2, 0.25) is 5.15 Å². The quantitative estimate of drug-likeness (QED) is 0.265. The van der Waals surface area contributed by atoms with Gasteiger partial charge in [0.25, 0.3) is 0 Å². The summed E-state index contributed by atoms with van der Waals surface area (Å²) in [6.07, 6.45) is 5.83. The van der Waals surface area contributed by atoms with Crippen molar-refractivity contribution in [2.45, 2.75) is 51.7 Å². The van der Waals surface area contributed by atoms with Crippen LogP contribution in [0.5, 0.6) is 5.75 Å². The third-order valence-electron chi connectivity index (χ3n) is 6.18. The number of fused-ring (bicyclic) bond motifs is 2. The Morgan fingerprint density at radius 2 is 2.03 bits per heavy atom. The summed E-state index contributed by atoms with van der Waals surface area (Å²) in [5.41, 5.74) is 1.68. The second-order valence-electron chi connectivity index (χ2n) is 9.00. The van der Waals surface area contributed by atoms with Gasteiger partial charge in [0, 0.05) is 34.2 Å². The minimum Gasteiger partial charge on any atom is -0.493 e. The van der Waals surface area contributed by atoms with Gasteiger partial charge in [0.15, 0.2) is 5.79 Å². The highest BCUT2D eigenvalue weighted by Crippen LogP contribution is 2.35. The molecule has 1 aliphatic rings. The molecule has 3 atom stereocenters. The average molecular weight is 546 g/mol. The van der Waals surface area contributed by atoms with Gasteiger partial charge in [-0.1, -0.05) is 18.5 Å². The molecule has 9 heteroatoms. The first kappa shape index (κ1) is 23.5. The zero-order valence-electron chi connectivity index (χ0n) is 19.2. The first-order valence-electron chi connectivity index (χ1n) is 11.3. The van der Waals surface area contributed by atoms with Crippen LogP contribution in [-0.4, -0.2) is 44.1 Å². The normalized spacial score (nSPS) is 20.7. The first-order valence-corrected chi connectivity index (χ1v) is 12.5. The lowest BCUT2D eigenvalue weighted by Crippen LogP contribution is -2.36. The molecule has 0 N–H and O–H groups in total. The van der Waals surface area contributed by atoms with E-state index in [1.165, 1.54) is 6.33 Å². The van der Waals surface area contributed by atoms with E-state index in [-0.39, 0.29) is 18.1 Å². The molecule has 3 aromatic heterocycles. The molecule has 1 saturated heterocycles. The number of rotatable bonds is 7. The van der Waals surface area contributed by atoms with Crippen molar-refractivity contribution in [1.29, 1.82) is 0 Å². The Kier molecular flexibility index (Phi) is 6.50. The van der Waals surface area contributed by atoms with Gasteiger partial charge in [-0.15, -0.1) is 0 Å². The lowest BCUT2D eigenvalue weighted by molar-refractivity contribution is -0.152. The Labute approximate surface area is 211 Å². The van der Waals surface area contributed by atoms with Crippen LogP contribution in [-0.2, 0) is 16.0 Å². The SMILES string of the molecule is CC[C@H](COc1ccc2cc(Br)cnc2c1)[C@H]1OC(C)(C)O[C@H]1Cn1ccc2c(Cl)ncnc21. The molecular formula is C25H26BrClN4O3. The number of halogens is 2. The van der Waals surface area contributed by atoms with Crippen molar-refractivity contribution in [1.82, 2.24) is 19.5 Å². The molecule has 0 aliphatic carbocycles. The fourth-order valence-electron chi connectivity index (χ4n) is 4.53. The summed E-state index contributed by atoms with van der Waals surface area (Å²) < 4.78 is 21.9. The Hall–Kier alpha value is -2.26. The fraction of sp³-hybridized carbons (Fsp3) is 0.400. The third kappa shape index (κ3) is 4.77. The molecule has 5 rings (SSSR count). The van der Waals surface area contributed by atoms with E-state index in [0.29, 0.717) is 18.3 Å². The highest BCUT2D eigenvalue weighted by atomic mass is 79.9. The van der Waals surface area contributed by atoms with Crippen LogP contribution in [0.25, 0.3) is 21.9 Å². The Morgan fingerprint density at radius 3 is 2.85 bits per heavy atom. The molecule has 0 saturated carbocycles. The van der Waals surface area contributed by atoms with Crippen LogP contribution in [0.4, 0.5) is 0 Å². The second-order valence-corrected chi connectivity index (χ2v) is 10.3. The molecule has 178 valence electrons. The number of ether oxygens (including phenoxy) is 3. The molecule has 1 aliphatic heterocycles. The number of hydrogen-bond acceptors (Lipinski definition) is 6. The van der Waals surface area contributed by atoms with Crippen LogP contribution >= 0.6 is 27.5 Å². The zero-order valence-corrected chi connectivity index (χ0v) is 21.6. The molecule has 1 fully saturated rings. The van der Waals surface area contributed by atoms with Crippen LogP contribution < -0.4 is 4.74 Å². The van der Waals surface area contributed by atoms with Crippen LogP contribution in [0.1, 0.15) is 27.2 Å². The van der Waals surface area contributed by atoms with Gasteiger partial charge in [0.05, 0.1) is 30.2 Å². The summed E-state index contributed by atoms with van der Waals surface area (Å²) in [5, 5.41) is 2.33. The van der Waals surface area contributed by atoms with E-state index in [0.717, 1.165) is 38.6 Å². The summed E-state index contributed by atoms with van der Waals surface area (Å²) in [5.74, 6) is 0.247. The predicted molar refractivity (Wildman–Crippen MR) is 135 cm³/mol. The predicted octanol–water partition coefficient (Wildman–Crippen LogP) is 6.02. The molecule has 1 aromatic carbocycles. The average Bonchev–Trinajstić information content (AvgIpc) is 3.35. The minimum atomic E-state index is -0.682. The molecule has 0 amide bonds. The Morgan fingerprint density at radius 1 is 1.18 bits per heavy atom. The van der Waals surface area contributed by atoms with Crippen molar-refractivity contribution < 1.29 is 14.2 Å². The van der Waals surface area contributed by atoms with Gasteiger partial charge >= 0.3 is 0 Å². The van der Waals surface area contributed by atoms with E-state index in [2.05, 4.69) is 37.8 Å². The molecule has 0 unspecified atom stereocenters. The fourth-order valence-corrected chi connectivity index (χ4v) is 5.07. The van der Waals surface area contributed by atoms with Crippen molar-refractivity contribution in [3.05, 3.63) is 58.7 Å². The van der Waals surface area contributed by atoms with Crippen LogP contribution in [0, 0.1) is 5.92 Å². The smallest absolute Gasteiger partial charge is 0.163 e. The second kappa shape index (κ2) is 9.41. The topological polar surface area (TPSA) is 71.3 Å². The van der Waals surface area contributed by atoms with E-state index in [9.17, 15) is 0 Å². The van der Waals surface area contributed by atoms with E-state index in [4.69, 9.17) is 25.8 Å². The van der Waals surface area contributed by atoms with E-state index < -0.39 is 5.79 Å². The summed E-state index contributed by atoms with van der Waals surface area (Å²) >= 11 is 9.70. The number of pyridine rings is 1. The van der Waals surface area contributed by atoms with Crippen molar-refractivity contribution in [2.24, 2.45) is 5.92 Å². The lowest BCUT2D eigenvalue weighted by Gasteiger charge is -2.26. The number of aromatic nitrogens is 4. The van der Waals surface area contributed by atoms with Gasteiger partial charge in [-0.2, -0.15) is 0 Å². The highest BCUT2D eigenvalue weighted by molar-refractivity contribution is 9.10. The molecule has 7 nitrogen and oxygen atoms in total. The Balaban J connectivity index is 1.33.